The van der Waals surface area contributed by atoms with Crippen molar-refractivity contribution in [2.75, 3.05) is 4.90 Å². The maximum Gasteiger partial charge on any atom is 0.153 e. The van der Waals surface area contributed by atoms with E-state index in [2.05, 4.69) is 0 Å². The van der Waals surface area contributed by atoms with Crippen molar-refractivity contribution in [2.45, 2.75) is 6.54 Å². The second-order valence-electron chi connectivity index (χ2n) is 4.67. The molecule has 0 aromatic heterocycles. The van der Waals surface area contributed by atoms with E-state index in [1.165, 1.54) is 12.1 Å². The van der Waals surface area contributed by atoms with Crippen LogP contribution in [0.25, 0.3) is 5.70 Å². The number of halogens is 1. The van der Waals surface area contributed by atoms with Crippen LogP contribution in [0.5, 0.6) is 0 Å². The molecular formula is C17H10FN3. The third-order valence-corrected chi connectivity index (χ3v) is 3.47. The molecule has 0 radical (unpaired) electrons. The highest BCUT2D eigenvalue weighted by Gasteiger charge is 2.27. The maximum absolute atomic E-state index is 13.1. The van der Waals surface area contributed by atoms with Crippen LogP contribution in [-0.4, -0.2) is 0 Å². The van der Waals surface area contributed by atoms with Crippen molar-refractivity contribution >= 4 is 11.4 Å². The van der Waals surface area contributed by atoms with Crippen molar-refractivity contribution in [1.29, 1.82) is 10.5 Å². The van der Waals surface area contributed by atoms with Gasteiger partial charge in [0.25, 0.3) is 0 Å². The fourth-order valence-electron chi connectivity index (χ4n) is 2.53. The first kappa shape index (κ1) is 12.9. The van der Waals surface area contributed by atoms with Gasteiger partial charge in [-0.25, -0.2) is 4.39 Å². The predicted octanol–water partition coefficient (Wildman–Crippen LogP) is 3.60. The van der Waals surface area contributed by atoms with Gasteiger partial charge in [0.1, 0.15) is 18.0 Å². The van der Waals surface area contributed by atoms with E-state index < -0.39 is 0 Å². The normalized spacial score (nSPS) is 12.5. The molecule has 0 bridgehead atoms. The minimum Gasteiger partial charge on any atom is -0.335 e. The summed E-state index contributed by atoms with van der Waals surface area (Å²) in [5.74, 6) is -0.318. The molecule has 3 rings (SSSR count). The van der Waals surface area contributed by atoms with Gasteiger partial charge in [-0.05, 0) is 29.8 Å². The lowest BCUT2D eigenvalue weighted by atomic mass is 10.1. The van der Waals surface area contributed by atoms with Gasteiger partial charge in [0.15, 0.2) is 5.57 Å². The minimum absolute atomic E-state index is 0.0595. The van der Waals surface area contributed by atoms with Gasteiger partial charge in [-0.15, -0.1) is 0 Å². The molecule has 0 unspecified atom stereocenters. The summed E-state index contributed by atoms with van der Waals surface area (Å²) in [7, 11) is 0. The van der Waals surface area contributed by atoms with E-state index in [4.69, 9.17) is 0 Å². The summed E-state index contributed by atoms with van der Waals surface area (Å²) in [6.45, 7) is 0.560. The number of benzene rings is 2. The molecule has 0 saturated carbocycles. The average Bonchev–Trinajstić information content (AvgIpc) is 2.89. The van der Waals surface area contributed by atoms with Crippen LogP contribution in [0.4, 0.5) is 10.1 Å². The Balaban J connectivity index is 2.19. The summed E-state index contributed by atoms with van der Waals surface area (Å²) in [5.41, 5.74) is 3.32. The molecule has 0 spiro atoms. The number of hydrogen-bond donors (Lipinski definition) is 0. The Hall–Kier alpha value is -3.11. The van der Waals surface area contributed by atoms with Gasteiger partial charge in [0.2, 0.25) is 0 Å². The van der Waals surface area contributed by atoms with Crippen molar-refractivity contribution in [3.63, 3.8) is 0 Å². The van der Waals surface area contributed by atoms with Crippen LogP contribution in [0, 0.1) is 28.5 Å². The lowest BCUT2D eigenvalue weighted by Crippen LogP contribution is -2.15. The maximum atomic E-state index is 13.1. The molecule has 0 aliphatic carbocycles. The number of allylic oxidation sites excluding steroid dienone is 1. The summed E-state index contributed by atoms with van der Waals surface area (Å²) in [5, 5.41) is 18.4. The molecule has 1 aliphatic rings. The average molecular weight is 275 g/mol. The van der Waals surface area contributed by atoms with Crippen LogP contribution in [0.1, 0.15) is 11.1 Å². The molecule has 4 heteroatoms. The van der Waals surface area contributed by atoms with Gasteiger partial charge >= 0.3 is 0 Å². The Morgan fingerprint density at radius 1 is 1.00 bits per heavy atom. The van der Waals surface area contributed by atoms with Crippen LogP contribution in [0.3, 0.4) is 0 Å². The number of rotatable bonds is 1. The summed E-state index contributed by atoms with van der Waals surface area (Å²) < 4.78 is 13.1. The Kier molecular flexibility index (Phi) is 3.14. The molecule has 0 N–H and O–H groups in total. The van der Waals surface area contributed by atoms with Crippen molar-refractivity contribution in [3.8, 4) is 12.1 Å². The predicted molar refractivity (Wildman–Crippen MR) is 77.2 cm³/mol. The molecule has 0 atom stereocenters. The number of nitriles is 2. The van der Waals surface area contributed by atoms with Gasteiger partial charge in [-0.1, -0.05) is 24.3 Å². The van der Waals surface area contributed by atoms with Crippen LogP contribution in [0.2, 0.25) is 0 Å². The van der Waals surface area contributed by atoms with Crippen LogP contribution in [-0.2, 0) is 6.54 Å². The highest BCUT2D eigenvalue weighted by Crippen LogP contribution is 2.38. The van der Waals surface area contributed by atoms with E-state index >= 15 is 0 Å². The molecule has 21 heavy (non-hydrogen) atoms. The Morgan fingerprint density at radius 3 is 2.33 bits per heavy atom. The van der Waals surface area contributed by atoms with Gasteiger partial charge in [0.05, 0.1) is 5.70 Å². The molecule has 0 saturated heterocycles. The fraction of sp³-hybridized carbons (Fsp3) is 0.0588. The van der Waals surface area contributed by atoms with Gasteiger partial charge < -0.3 is 4.90 Å². The Labute approximate surface area is 121 Å². The standard InChI is InChI=1S/C17H10FN3/c18-14-5-7-15(8-6-14)21-11-12-3-1-2-4-16(12)17(21)13(9-19)10-20/h1-8H,11H2. The van der Waals surface area contributed by atoms with Crippen molar-refractivity contribution in [2.24, 2.45) is 0 Å². The first-order valence-corrected chi connectivity index (χ1v) is 6.40. The van der Waals surface area contributed by atoms with E-state index in [0.717, 1.165) is 16.8 Å². The van der Waals surface area contributed by atoms with Crippen molar-refractivity contribution in [1.82, 2.24) is 0 Å². The second-order valence-corrected chi connectivity index (χ2v) is 4.67. The zero-order valence-electron chi connectivity index (χ0n) is 11.0. The number of nitrogens with zero attached hydrogens (tertiary/aromatic N) is 3. The van der Waals surface area contributed by atoms with E-state index in [9.17, 15) is 14.9 Å². The number of anilines is 1. The number of fused-ring (bicyclic) bond motifs is 1. The largest absolute Gasteiger partial charge is 0.335 e. The van der Waals surface area contributed by atoms with Crippen molar-refractivity contribution in [3.05, 3.63) is 71.0 Å². The molecule has 0 amide bonds. The van der Waals surface area contributed by atoms with Crippen LogP contribution >= 0.6 is 0 Å². The van der Waals surface area contributed by atoms with Gasteiger partial charge in [-0.2, -0.15) is 10.5 Å². The molecule has 100 valence electrons. The number of hydrogen-bond acceptors (Lipinski definition) is 3. The molecule has 1 heterocycles. The minimum atomic E-state index is -0.318. The Bertz CT molecular complexity index is 791. The van der Waals surface area contributed by atoms with Crippen molar-refractivity contribution < 1.29 is 4.39 Å². The molecule has 0 fully saturated rings. The third-order valence-electron chi connectivity index (χ3n) is 3.47. The highest BCUT2D eigenvalue weighted by molar-refractivity contribution is 5.90. The monoisotopic (exact) mass is 275 g/mol. The van der Waals surface area contributed by atoms with Crippen LogP contribution < -0.4 is 4.90 Å². The zero-order valence-corrected chi connectivity index (χ0v) is 11.0. The fourth-order valence-corrected chi connectivity index (χ4v) is 2.53. The molecule has 1 aliphatic heterocycles. The van der Waals surface area contributed by atoms with Crippen LogP contribution in [0.15, 0.2) is 54.1 Å². The van der Waals surface area contributed by atoms with E-state index in [1.54, 1.807) is 12.1 Å². The zero-order chi connectivity index (χ0) is 14.8. The topological polar surface area (TPSA) is 50.8 Å². The van der Waals surface area contributed by atoms with E-state index in [0.29, 0.717) is 12.2 Å². The van der Waals surface area contributed by atoms with E-state index in [-0.39, 0.29) is 11.4 Å². The second kappa shape index (κ2) is 5.11. The molecule has 3 nitrogen and oxygen atoms in total. The first-order chi connectivity index (χ1) is 10.2. The molecule has 2 aromatic carbocycles. The van der Waals surface area contributed by atoms with E-state index in [1.807, 2.05) is 41.3 Å². The van der Waals surface area contributed by atoms with Gasteiger partial charge in [-0.3, -0.25) is 0 Å². The summed E-state index contributed by atoms with van der Waals surface area (Å²) in [6, 6.07) is 17.6. The summed E-state index contributed by atoms with van der Waals surface area (Å²) >= 11 is 0. The lowest BCUT2D eigenvalue weighted by Gasteiger charge is -2.20. The smallest absolute Gasteiger partial charge is 0.153 e. The summed E-state index contributed by atoms with van der Waals surface area (Å²) in [6.07, 6.45) is 0. The summed E-state index contributed by atoms with van der Waals surface area (Å²) in [4.78, 5) is 1.87. The van der Waals surface area contributed by atoms with Gasteiger partial charge in [0, 0.05) is 17.8 Å². The lowest BCUT2D eigenvalue weighted by molar-refractivity contribution is 0.628. The first-order valence-electron chi connectivity index (χ1n) is 6.40. The SMILES string of the molecule is N#CC(C#N)=C1c2ccccc2CN1c1ccc(F)cc1. The Morgan fingerprint density at radius 2 is 1.67 bits per heavy atom. The third kappa shape index (κ3) is 2.13. The molecule has 2 aromatic rings. The quantitative estimate of drug-likeness (QED) is 0.747. The highest BCUT2D eigenvalue weighted by atomic mass is 19.1. The molecular weight excluding hydrogens is 265 g/mol.